The zero-order valence-corrected chi connectivity index (χ0v) is 17.2. The third-order valence-corrected chi connectivity index (χ3v) is 5.00. The van der Waals surface area contributed by atoms with Crippen molar-refractivity contribution in [3.63, 3.8) is 0 Å². The van der Waals surface area contributed by atoms with Crippen molar-refractivity contribution < 1.29 is 13.9 Å². The van der Waals surface area contributed by atoms with E-state index in [0.29, 0.717) is 11.1 Å². The summed E-state index contributed by atoms with van der Waals surface area (Å²) in [4.78, 5) is 12.2. The zero-order chi connectivity index (χ0) is 20.1. The lowest BCUT2D eigenvalue weighted by atomic mass is 10.1. The largest absolute Gasteiger partial charge is 0.483 e. The average molecular weight is 398 g/mol. The topological polar surface area (TPSA) is 77.2 Å². The number of carbonyl (C=O) groups excluding carboxylic acids is 1. The van der Waals surface area contributed by atoms with Crippen LogP contribution in [-0.2, 0) is 11.4 Å². The Morgan fingerprint density at radius 2 is 1.82 bits per heavy atom. The first-order valence-corrected chi connectivity index (χ1v) is 9.92. The Hall–Kier alpha value is -2.80. The highest BCUT2D eigenvalue weighted by molar-refractivity contribution is 7.99. The fourth-order valence-corrected chi connectivity index (χ4v) is 3.36. The number of nitrogens with one attached hydrogen (secondary N) is 1. The molecule has 2 aromatic carbocycles. The van der Waals surface area contributed by atoms with Gasteiger partial charge in [0, 0.05) is 5.69 Å². The molecule has 0 aliphatic rings. The minimum atomic E-state index is -0.122. The van der Waals surface area contributed by atoms with Crippen LogP contribution in [0.3, 0.4) is 0 Å². The zero-order valence-electron chi connectivity index (χ0n) is 16.4. The van der Waals surface area contributed by atoms with Crippen molar-refractivity contribution in [3.8, 4) is 5.75 Å². The molecule has 3 rings (SSSR count). The summed E-state index contributed by atoms with van der Waals surface area (Å²) >= 11 is 1.20. The standard InChI is InChI=1S/C21H23N3O3S/c1-13-8-9-17(16(4)10-13)22-18(25)12-28-21-24-23-19(27-21)11-26-20-14(2)6-5-7-15(20)3/h5-10H,11-12H2,1-4H3,(H,22,25). The molecule has 6 nitrogen and oxygen atoms in total. The molecule has 7 heteroatoms. The molecule has 0 radical (unpaired) electrons. The molecule has 1 heterocycles. The summed E-state index contributed by atoms with van der Waals surface area (Å²) in [6.45, 7) is 8.16. The van der Waals surface area contributed by atoms with E-state index in [2.05, 4.69) is 15.5 Å². The first-order chi connectivity index (χ1) is 13.4. The molecule has 1 N–H and O–H groups in total. The van der Waals surface area contributed by atoms with Gasteiger partial charge in [0.15, 0.2) is 6.61 Å². The first kappa shape index (κ1) is 19.9. The number of hydrogen-bond donors (Lipinski definition) is 1. The van der Waals surface area contributed by atoms with Gasteiger partial charge in [-0.3, -0.25) is 4.79 Å². The molecule has 0 aliphatic carbocycles. The Balaban J connectivity index is 1.51. The lowest BCUT2D eigenvalue weighted by Gasteiger charge is -2.09. The van der Waals surface area contributed by atoms with Crippen molar-refractivity contribution >= 4 is 23.4 Å². The summed E-state index contributed by atoms with van der Waals surface area (Å²) in [5.74, 6) is 1.26. The van der Waals surface area contributed by atoms with Crippen molar-refractivity contribution in [1.29, 1.82) is 0 Å². The highest BCUT2D eigenvalue weighted by Gasteiger charge is 2.12. The Labute approximate surface area is 168 Å². The normalized spacial score (nSPS) is 10.7. The van der Waals surface area contributed by atoms with E-state index >= 15 is 0 Å². The number of anilines is 1. The Bertz CT molecular complexity index is 965. The molecule has 3 aromatic rings. The second-order valence-corrected chi connectivity index (χ2v) is 7.55. The number of ether oxygens (including phenoxy) is 1. The van der Waals surface area contributed by atoms with Gasteiger partial charge in [-0.1, -0.05) is 47.7 Å². The number of benzene rings is 2. The van der Waals surface area contributed by atoms with Crippen molar-refractivity contribution in [2.24, 2.45) is 0 Å². The lowest BCUT2D eigenvalue weighted by molar-refractivity contribution is -0.113. The van der Waals surface area contributed by atoms with Crippen molar-refractivity contribution in [2.45, 2.75) is 39.5 Å². The highest BCUT2D eigenvalue weighted by atomic mass is 32.2. The summed E-state index contributed by atoms with van der Waals surface area (Å²) in [5, 5.41) is 11.2. The number of aromatic nitrogens is 2. The summed E-state index contributed by atoms with van der Waals surface area (Å²) in [5.41, 5.74) is 5.10. The maximum atomic E-state index is 12.2. The molecule has 1 aromatic heterocycles. The van der Waals surface area contributed by atoms with Crippen LogP contribution in [0.15, 0.2) is 46.0 Å². The molecule has 0 spiro atoms. The second-order valence-electron chi connectivity index (χ2n) is 6.63. The number of para-hydroxylation sites is 1. The number of thioether (sulfide) groups is 1. The third kappa shape index (κ3) is 5.13. The van der Waals surface area contributed by atoms with Gasteiger partial charge in [0.05, 0.1) is 5.75 Å². The molecular formula is C21H23N3O3S. The summed E-state index contributed by atoms with van der Waals surface area (Å²) in [6, 6.07) is 11.9. The van der Waals surface area contributed by atoms with Crippen LogP contribution < -0.4 is 10.1 Å². The lowest BCUT2D eigenvalue weighted by Crippen LogP contribution is -2.14. The summed E-state index contributed by atoms with van der Waals surface area (Å²) < 4.78 is 11.4. The molecule has 146 valence electrons. The Morgan fingerprint density at radius 1 is 1.07 bits per heavy atom. The molecule has 0 fully saturated rings. The fraction of sp³-hybridized carbons (Fsp3) is 0.286. The van der Waals surface area contributed by atoms with Crippen LogP contribution in [0.1, 0.15) is 28.1 Å². The smallest absolute Gasteiger partial charge is 0.277 e. The van der Waals surface area contributed by atoms with Gasteiger partial charge < -0.3 is 14.5 Å². The fourth-order valence-electron chi connectivity index (χ4n) is 2.78. The molecule has 0 saturated heterocycles. The van der Waals surface area contributed by atoms with Crippen LogP contribution in [0.25, 0.3) is 0 Å². The molecule has 0 atom stereocenters. The second kappa shape index (κ2) is 8.93. The molecular weight excluding hydrogens is 374 g/mol. The SMILES string of the molecule is Cc1ccc(NC(=O)CSc2nnc(COc3c(C)cccc3C)o2)c(C)c1. The predicted octanol–water partition coefficient (Wildman–Crippen LogP) is 4.61. The van der Waals surface area contributed by atoms with Gasteiger partial charge in [0.25, 0.3) is 11.1 Å². The minimum absolute atomic E-state index is 0.122. The van der Waals surface area contributed by atoms with Crippen LogP contribution >= 0.6 is 11.8 Å². The van der Waals surface area contributed by atoms with E-state index in [1.54, 1.807) is 0 Å². The summed E-state index contributed by atoms with van der Waals surface area (Å²) in [7, 11) is 0. The van der Waals surface area contributed by atoms with Gasteiger partial charge in [-0.25, -0.2) is 0 Å². The van der Waals surface area contributed by atoms with Crippen molar-refractivity contribution in [2.75, 3.05) is 11.1 Å². The molecule has 0 unspecified atom stereocenters. The molecule has 0 bridgehead atoms. The van der Waals surface area contributed by atoms with Gasteiger partial charge in [-0.15, -0.1) is 10.2 Å². The Kier molecular flexibility index (Phi) is 6.36. The van der Waals surface area contributed by atoms with E-state index in [9.17, 15) is 4.79 Å². The van der Waals surface area contributed by atoms with E-state index in [-0.39, 0.29) is 18.3 Å². The maximum absolute atomic E-state index is 12.2. The Morgan fingerprint density at radius 3 is 2.54 bits per heavy atom. The van der Waals surface area contributed by atoms with Gasteiger partial charge >= 0.3 is 0 Å². The molecule has 28 heavy (non-hydrogen) atoms. The van der Waals surface area contributed by atoms with E-state index in [1.807, 2.05) is 64.1 Å². The van der Waals surface area contributed by atoms with Crippen LogP contribution in [0.2, 0.25) is 0 Å². The van der Waals surface area contributed by atoms with Crippen molar-refractivity contribution in [3.05, 3.63) is 64.5 Å². The number of amides is 1. The summed E-state index contributed by atoms with van der Waals surface area (Å²) in [6.07, 6.45) is 0. The van der Waals surface area contributed by atoms with Gasteiger partial charge in [0.2, 0.25) is 5.91 Å². The first-order valence-electron chi connectivity index (χ1n) is 8.93. The van der Waals surface area contributed by atoms with Crippen molar-refractivity contribution in [1.82, 2.24) is 10.2 Å². The van der Waals surface area contributed by atoms with E-state index < -0.39 is 0 Å². The predicted molar refractivity (Wildman–Crippen MR) is 110 cm³/mol. The van der Waals surface area contributed by atoms with Crippen LogP contribution in [0, 0.1) is 27.7 Å². The van der Waals surface area contributed by atoms with E-state index in [4.69, 9.17) is 9.15 Å². The molecule has 0 saturated carbocycles. The van der Waals surface area contributed by atoms with E-state index in [1.165, 1.54) is 11.8 Å². The van der Waals surface area contributed by atoms with Gasteiger partial charge in [-0.2, -0.15) is 0 Å². The number of carbonyl (C=O) groups is 1. The van der Waals surface area contributed by atoms with Crippen LogP contribution in [-0.4, -0.2) is 21.9 Å². The average Bonchev–Trinajstić information content (AvgIpc) is 3.10. The minimum Gasteiger partial charge on any atom is -0.483 e. The van der Waals surface area contributed by atoms with E-state index in [0.717, 1.165) is 33.7 Å². The van der Waals surface area contributed by atoms with Crippen LogP contribution in [0.5, 0.6) is 5.75 Å². The third-order valence-electron chi connectivity index (χ3n) is 4.18. The van der Waals surface area contributed by atoms with Gasteiger partial charge in [-0.05, 0) is 50.5 Å². The number of nitrogens with zero attached hydrogens (tertiary/aromatic N) is 2. The number of hydrogen-bond acceptors (Lipinski definition) is 6. The maximum Gasteiger partial charge on any atom is 0.277 e. The monoisotopic (exact) mass is 397 g/mol. The highest BCUT2D eigenvalue weighted by Crippen LogP contribution is 2.24. The quantitative estimate of drug-likeness (QED) is 0.587. The van der Waals surface area contributed by atoms with Gasteiger partial charge in [0.1, 0.15) is 5.75 Å². The molecule has 1 amide bonds. The molecule has 0 aliphatic heterocycles. The number of rotatable bonds is 7. The van der Waals surface area contributed by atoms with Crippen LogP contribution in [0.4, 0.5) is 5.69 Å². The number of aryl methyl sites for hydroxylation is 4.